The second kappa shape index (κ2) is 5.70. The van der Waals surface area contributed by atoms with Gasteiger partial charge in [-0.2, -0.15) is 0 Å². The molecule has 3 nitrogen and oxygen atoms in total. The molecule has 106 valence electrons. The molecule has 0 spiro atoms. The van der Waals surface area contributed by atoms with Crippen molar-refractivity contribution in [1.29, 1.82) is 0 Å². The van der Waals surface area contributed by atoms with Gasteiger partial charge in [-0.15, -0.1) is 0 Å². The topological polar surface area (TPSA) is 28.2 Å². The van der Waals surface area contributed by atoms with E-state index in [4.69, 9.17) is 0 Å². The Kier molecular flexibility index (Phi) is 3.77. The van der Waals surface area contributed by atoms with Crippen LogP contribution in [0, 0.1) is 0 Å². The molecule has 0 atom stereocenters. The van der Waals surface area contributed by atoms with Gasteiger partial charge in [-0.05, 0) is 45.2 Å². The predicted octanol–water partition coefficient (Wildman–Crippen LogP) is 4.05. The molecule has 3 heteroatoms. The van der Waals surface area contributed by atoms with Crippen LogP contribution in [0.3, 0.4) is 0 Å². The van der Waals surface area contributed by atoms with E-state index < -0.39 is 0 Å². The van der Waals surface area contributed by atoms with Crippen LogP contribution in [0.5, 0.6) is 0 Å². The molecule has 3 rings (SSSR count). The summed E-state index contributed by atoms with van der Waals surface area (Å²) in [4.78, 5) is 7.08. The number of aromatic nitrogens is 1. The average molecular weight is 269 g/mol. The first-order chi connectivity index (χ1) is 9.75. The van der Waals surface area contributed by atoms with Gasteiger partial charge in [-0.1, -0.05) is 12.1 Å². The van der Waals surface area contributed by atoms with Crippen LogP contribution in [0.15, 0.2) is 30.5 Å². The van der Waals surface area contributed by atoms with Gasteiger partial charge in [0.2, 0.25) is 0 Å². The maximum atomic E-state index is 4.65. The van der Waals surface area contributed by atoms with Crippen molar-refractivity contribution < 1.29 is 0 Å². The third kappa shape index (κ3) is 2.58. The van der Waals surface area contributed by atoms with Crippen LogP contribution in [0.4, 0.5) is 11.5 Å². The van der Waals surface area contributed by atoms with Crippen molar-refractivity contribution in [3.8, 4) is 0 Å². The normalized spacial score (nSPS) is 15.8. The largest absolute Gasteiger partial charge is 0.382 e. The highest BCUT2D eigenvalue weighted by Crippen LogP contribution is 2.31. The zero-order valence-corrected chi connectivity index (χ0v) is 12.4. The van der Waals surface area contributed by atoms with E-state index in [1.54, 1.807) is 0 Å². The SMILES string of the molecule is CC(C)Nc1cccc2c(N3CCCCC3)nccc12. The maximum Gasteiger partial charge on any atom is 0.136 e. The lowest BCUT2D eigenvalue weighted by atomic mass is 10.1. The van der Waals surface area contributed by atoms with Gasteiger partial charge in [0, 0.05) is 41.8 Å². The number of nitrogens with one attached hydrogen (secondary N) is 1. The minimum Gasteiger partial charge on any atom is -0.382 e. The number of hydrogen-bond donors (Lipinski definition) is 1. The minimum atomic E-state index is 0.437. The summed E-state index contributed by atoms with van der Waals surface area (Å²) in [6.45, 7) is 6.61. The molecule has 2 aromatic rings. The molecule has 20 heavy (non-hydrogen) atoms. The molecule has 0 unspecified atom stereocenters. The van der Waals surface area contributed by atoms with E-state index in [1.807, 2.05) is 6.20 Å². The van der Waals surface area contributed by atoms with Crippen LogP contribution in [-0.4, -0.2) is 24.1 Å². The zero-order valence-electron chi connectivity index (χ0n) is 12.4. The lowest BCUT2D eigenvalue weighted by Gasteiger charge is -2.29. The first-order valence-corrected chi connectivity index (χ1v) is 7.65. The third-order valence-electron chi connectivity index (χ3n) is 3.88. The number of pyridine rings is 1. The van der Waals surface area contributed by atoms with Gasteiger partial charge >= 0.3 is 0 Å². The number of hydrogen-bond acceptors (Lipinski definition) is 3. The Bertz CT molecular complexity index is 586. The summed E-state index contributed by atoms with van der Waals surface area (Å²) in [6.07, 6.45) is 5.85. The Morgan fingerprint density at radius 3 is 2.60 bits per heavy atom. The highest BCUT2D eigenvalue weighted by Gasteiger charge is 2.15. The van der Waals surface area contributed by atoms with Crippen molar-refractivity contribution in [1.82, 2.24) is 4.98 Å². The van der Waals surface area contributed by atoms with Crippen molar-refractivity contribution >= 4 is 22.3 Å². The molecular formula is C17H23N3. The first-order valence-electron chi connectivity index (χ1n) is 7.65. The lowest BCUT2D eigenvalue weighted by molar-refractivity contribution is 0.575. The molecule has 0 saturated carbocycles. The maximum absolute atomic E-state index is 4.65. The summed E-state index contributed by atoms with van der Waals surface area (Å²) in [7, 11) is 0. The molecule has 2 heterocycles. The molecule has 1 saturated heterocycles. The summed E-state index contributed by atoms with van der Waals surface area (Å²) in [6, 6.07) is 9.03. The summed E-state index contributed by atoms with van der Waals surface area (Å²) < 4.78 is 0. The van der Waals surface area contributed by atoms with Gasteiger partial charge in [0.1, 0.15) is 5.82 Å². The van der Waals surface area contributed by atoms with Gasteiger partial charge in [0.05, 0.1) is 0 Å². The van der Waals surface area contributed by atoms with E-state index in [0.29, 0.717) is 6.04 Å². The van der Waals surface area contributed by atoms with E-state index in [0.717, 1.165) is 18.9 Å². The van der Waals surface area contributed by atoms with E-state index in [-0.39, 0.29) is 0 Å². The molecule has 1 aliphatic heterocycles. The standard InChI is InChI=1S/C17H23N3/c1-13(2)19-16-8-6-7-15-14(16)9-10-18-17(15)20-11-4-3-5-12-20/h6-10,13,19H,3-5,11-12H2,1-2H3. The Labute approximate surface area is 121 Å². The molecule has 1 fully saturated rings. The fourth-order valence-corrected chi connectivity index (χ4v) is 2.99. The minimum absolute atomic E-state index is 0.437. The van der Waals surface area contributed by atoms with Gasteiger partial charge in [-0.25, -0.2) is 4.98 Å². The van der Waals surface area contributed by atoms with E-state index in [9.17, 15) is 0 Å². The highest BCUT2D eigenvalue weighted by atomic mass is 15.2. The summed E-state index contributed by atoms with van der Waals surface area (Å²) >= 11 is 0. The second-order valence-corrected chi connectivity index (χ2v) is 5.88. The van der Waals surface area contributed by atoms with Gasteiger partial charge in [0.15, 0.2) is 0 Å². The molecule has 1 aliphatic rings. The van der Waals surface area contributed by atoms with Gasteiger partial charge in [0.25, 0.3) is 0 Å². The number of fused-ring (bicyclic) bond motifs is 1. The Morgan fingerprint density at radius 1 is 1.05 bits per heavy atom. The van der Waals surface area contributed by atoms with Crippen LogP contribution < -0.4 is 10.2 Å². The first kappa shape index (κ1) is 13.2. The number of benzene rings is 1. The van der Waals surface area contributed by atoms with Crippen molar-refractivity contribution in [2.45, 2.75) is 39.2 Å². The molecular weight excluding hydrogens is 246 g/mol. The van der Waals surface area contributed by atoms with E-state index in [2.05, 4.69) is 53.3 Å². The van der Waals surface area contributed by atoms with E-state index >= 15 is 0 Å². The van der Waals surface area contributed by atoms with Crippen LogP contribution in [0.2, 0.25) is 0 Å². The van der Waals surface area contributed by atoms with Crippen molar-refractivity contribution in [3.63, 3.8) is 0 Å². The average Bonchev–Trinajstić information content (AvgIpc) is 2.47. The second-order valence-electron chi connectivity index (χ2n) is 5.88. The van der Waals surface area contributed by atoms with Crippen LogP contribution >= 0.6 is 0 Å². The van der Waals surface area contributed by atoms with Crippen LogP contribution in [0.1, 0.15) is 33.1 Å². The zero-order chi connectivity index (χ0) is 13.9. The van der Waals surface area contributed by atoms with Crippen LogP contribution in [0.25, 0.3) is 10.8 Å². The molecule has 1 aromatic heterocycles. The van der Waals surface area contributed by atoms with Crippen molar-refractivity contribution in [2.75, 3.05) is 23.3 Å². The fourth-order valence-electron chi connectivity index (χ4n) is 2.99. The smallest absolute Gasteiger partial charge is 0.136 e. The molecule has 1 N–H and O–H groups in total. The summed E-state index contributed by atoms with van der Waals surface area (Å²) in [5.74, 6) is 1.15. The molecule has 1 aromatic carbocycles. The van der Waals surface area contributed by atoms with Gasteiger partial charge < -0.3 is 10.2 Å². The monoisotopic (exact) mass is 269 g/mol. The van der Waals surface area contributed by atoms with Crippen molar-refractivity contribution in [2.24, 2.45) is 0 Å². The molecule has 0 amide bonds. The lowest BCUT2D eigenvalue weighted by Crippen LogP contribution is -2.30. The number of rotatable bonds is 3. The third-order valence-corrected chi connectivity index (χ3v) is 3.88. The fraction of sp³-hybridized carbons (Fsp3) is 0.471. The molecule has 0 radical (unpaired) electrons. The highest BCUT2D eigenvalue weighted by molar-refractivity contribution is 6.00. The van der Waals surface area contributed by atoms with Crippen molar-refractivity contribution in [3.05, 3.63) is 30.5 Å². The number of anilines is 2. The number of nitrogens with zero attached hydrogens (tertiary/aromatic N) is 2. The summed E-state index contributed by atoms with van der Waals surface area (Å²) in [5.41, 5.74) is 1.21. The Hall–Kier alpha value is -1.77. The van der Waals surface area contributed by atoms with Gasteiger partial charge in [-0.3, -0.25) is 0 Å². The summed E-state index contributed by atoms with van der Waals surface area (Å²) in [5, 5.41) is 6.07. The predicted molar refractivity (Wildman–Crippen MR) is 86.6 cm³/mol. The van der Waals surface area contributed by atoms with Crippen LogP contribution in [-0.2, 0) is 0 Å². The molecule has 0 bridgehead atoms. The quantitative estimate of drug-likeness (QED) is 0.911. The molecule has 0 aliphatic carbocycles. The van der Waals surface area contributed by atoms with E-state index in [1.165, 1.54) is 35.7 Å². The Morgan fingerprint density at radius 2 is 1.85 bits per heavy atom. The Balaban J connectivity index is 2.05. The number of piperidine rings is 1.